The number of hydrogen-bond donors (Lipinski definition) is 3. The topological polar surface area (TPSA) is 95.5 Å². The van der Waals surface area contributed by atoms with E-state index in [4.69, 9.17) is 16.7 Å². The lowest BCUT2D eigenvalue weighted by atomic mass is 10.2. The lowest BCUT2D eigenvalue weighted by molar-refractivity contribution is 0.0698. The zero-order chi connectivity index (χ0) is 13.1. The van der Waals surface area contributed by atoms with Crippen molar-refractivity contribution < 1.29 is 18.3 Å². The summed E-state index contributed by atoms with van der Waals surface area (Å²) < 4.78 is 27.1. The fourth-order valence-electron chi connectivity index (χ4n) is 1.20. The number of halogens is 1. The second-order valence-electron chi connectivity index (χ2n) is 3.07. The fourth-order valence-corrected chi connectivity index (χ4v) is 2.36. The molecule has 0 atom stereocenters. The summed E-state index contributed by atoms with van der Waals surface area (Å²) in [4.78, 5) is 10.9. The molecule has 0 fully saturated rings. The van der Waals surface area contributed by atoms with Crippen LogP contribution in [0.25, 0.3) is 0 Å². The van der Waals surface area contributed by atoms with Gasteiger partial charge < -0.3 is 5.11 Å². The van der Waals surface area contributed by atoms with E-state index in [0.717, 1.165) is 0 Å². The number of carboxylic acids is 1. The summed E-state index contributed by atoms with van der Waals surface area (Å²) in [6.07, 6.45) is 0. The quantitative estimate of drug-likeness (QED) is 0.756. The van der Waals surface area contributed by atoms with Crippen LogP contribution in [0.3, 0.4) is 0 Å². The first-order chi connectivity index (χ1) is 7.87. The largest absolute Gasteiger partial charge is 0.478 e. The highest BCUT2D eigenvalue weighted by Gasteiger charge is 2.18. The smallest absolute Gasteiger partial charge is 0.339 e. The first-order valence-electron chi connectivity index (χ1n) is 4.66. The minimum absolute atomic E-state index is 0.0331. The molecule has 0 unspecified atom stereocenters. The molecule has 94 valence electrons. The van der Waals surface area contributed by atoms with Gasteiger partial charge in [-0.05, 0) is 12.1 Å². The van der Waals surface area contributed by atoms with Gasteiger partial charge in [-0.15, -0.1) is 0 Å². The first-order valence-corrected chi connectivity index (χ1v) is 6.52. The van der Waals surface area contributed by atoms with Gasteiger partial charge in [-0.2, -0.15) is 13.1 Å². The summed E-state index contributed by atoms with van der Waals surface area (Å²) >= 11 is 5.69. The number of rotatable bonds is 5. The summed E-state index contributed by atoms with van der Waals surface area (Å²) in [5.74, 6) is -1.30. The Kier molecular flexibility index (Phi) is 4.33. The van der Waals surface area contributed by atoms with E-state index in [0.29, 0.717) is 0 Å². The summed E-state index contributed by atoms with van der Waals surface area (Å²) in [6.45, 7) is 1.80. The molecule has 3 N–H and O–H groups in total. The minimum Gasteiger partial charge on any atom is -0.478 e. The molecule has 1 rings (SSSR count). The molecule has 0 saturated carbocycles. The van der Waals surface area contributed by atoms with E-state index in [9.17, 15) is 13.2 Å². The minimum atomic E-state index is -3.78. The fraction of sp³-hybridized carbons (Fsp3) is 0.222. The van der Waals surface area contributed by atoms with Crippen LogP contribution >= 0.6 is 11.6 Å². The van der Waals surface area contributed by atoms with E-state index in [2.05, 4.69) is 9.44 Å². The van der Waals surface area contributed by atoms with E-state index in [1.54, 1.807) is 6.92 Å². The van der Waals surface area contributed by atoms with Crippen molar-refractivity contribution in [2.75, 3.05) is 11.3 Å². The molecule has 8 heteroatoms. The molecule has 1 aromatic carbocycles. The number of benzene rings is 1. The highest BCUT2D eigenvalue weighted by atomic mass is 35.5. The van der Waals surface area contributed by atoms with E-state index in [-0.39, 0.29) is 22.8 Å². The van der Waals surface area contributed by atoms with Gasteiger partial charge in [0, 0.05) is 6.54 Å². The van der Waals surface area contributed by atoms with Crippen molar-refractivity contribution in [2.45, 2.75) is 6.92 Å². The SMILES string of the molecule is CCNS(=O)(=O)Nc1cccc(Cl)c1C(=O)O. The number of nitrogens with one attached hydrogen (secondary N) is 2. The van der Waals surface area contributed by atoms with Crippen molar-refractivity contribution >= 4 is 33.5 Å². The van der Waals surface area contributed by atoms with Crippen LogP contribution in [0.4, 0.5) is 5.69 Å². The van der Waals surface area contributed by atoms with Crippen LogP contribution in [0.1, 0.15) is 17.3 Å². The number of hydrogen-bond acceptors (Lipinski definition) is 3. The maximum Gasteiger partial charge on any atom is 0.339 e. The van der Waals surface area contributed by atoms with Crippen molar-refractivity contribution in [1.82, 2.24) is 4.72 Å². The molecule has 17 heavy (non-hydrogen) atoms. The molecule has 0 spiro atoms. The highest BCUT2D eigenvalue weighted by molar-refractivity contribution is 7.90. The molecule has 0 bridgehead atoms. The molecule has 0 heterocycles. The first kappa shape index (κ1) is 13.8. The average Bonchev–Trinajstić information content (AvgIpc) is 2.15. The van der Waals surface area contributed by atoms with Gasteiger partial charge in [0.05, 0.1) is 10.7 Å². The van der Waals surface area contributed by atoms with E-state index in [1.807, 2.05) is 0 Å². The van der Waals surface area contributed by atoms with Crippen molar-refractivity contribution in [3.8, 4) is 0 Å². The van der Waals surface area contributed by atoms with Crippen LogP contribution in [-0.4, -0.2) is 26.0 Å². The van der Waals surface area contributed by atoms with Crippen molar-refractivity contribution in [3.63, 3.8) is 0 Å². The van der Waals surface area contributed by atoms with E-state index < -0.39 is 16.2 Å². The number of aromatic carboxylic acids is 1. The summed E-state index contributed by atoms with van der Waals surface area (Å²) in [7, 11) is -3.78. The lowest BCUT2D eigenvalue weighted by Gasteiger charge is -2.11. The lowest BCUT2D eigenvalue weighted by Crippen LogP contribution is -2.30. The maximum absolute atomic E-state index is 11.4. The standard InChI is InChI=1S/C9H11ClN2O4S/c1-2-11-17(15,16)12-7-5-3-4-6(10)8(7)9(13)14/h3-5,11-12H,2H2,1H3,(H,13,14). The predicted octanol–water partition coefficient (Wildman–Crippen LogP) is 1.30. The van der Waals surface area contributed by atoms with Crippen LogP contribution in [-0.2, 0) is 10.2 Å². The third-order valence-electron chi connectivity index (χ3n) is 1.81. The molecule has 0 aliphatic carbocycles. The Hall–Kier alpha value is -1.31. The van der Waals surface area contributed by atoms with Gasteiger partial charge in [-0.3, -0.25) is 4.72 Å². The van der Waals surface area contributed by atoms with Crippen LogP contribution in [0.5, 0.6) is 0 Å². The van der Waals surface area contributed by atoms with Crippen LogP contribution in [0, 0.1) is 0 Å². The predicted molar refractivity (Wildman–Crippen MR) is 64.6 cm³/mol. The van der Waals surface area contributed by atoms with E-state index in [1.165, 1.54) is 18.2 Å². The molecule has 0 amide bonds. The molecule has 0 aromatic heterocycles. The Morgan fingerprint density at radius 1 is 1.47 bits per heavy atom. The van der Waals surface area contributed by atoms with Crippen LogP contribution in [0.2, 0.25) is 5.02 Å². The van der Waals surface area contributed by atoms with Gasteiger partial charge in [-0.1, -0.05) is 24.6 Å². The molecule has 0 radical (unpaired) electrons. The van der Waals surface area contributed by atoms with Gasteiger partial charge >= 0.3 is 5.97 Å². The molecule has 0 aliphatic rings. The third kappa shape index (κ3) is 3.58. The zero-order valence-corrected chi connectivity index (χ0v) is 10.5. The number of carbonyl (C=O) groups is 1. The molecule has 0 saturated heterocycles. The van der Waals surface area contributed by atoms with Crippen molar-refractivity contribution in [1.29, 1.82) is 0 Å². The van der Waals surface area contributed by atoms with Gasteiger partial charge in [0.25, 0.3) is 10.2 Å². The zero-order valence-electron chi connectivity index (χ0n) is 8.90. The van der Waals surface area contributed by atoms with E-state index >= 15 is 0 Å². The molecule has 0 aliphatic heterocycles. The normalized spacial score (nSPS) is 11.2. The monoisotopic (exact) mass is 278 g/mol. The van der Waals surface area contributed by atoms with Gasteiger partial charge in [0.2, 0.25) is 0 Å². The van der Waals surface area contributed by atoms with Crippen molar-refractivity contribution in [2.24, 2.45) is 0 Å². The highest BCUT2D eigenvalue weighted by Crippen LogP contribution is 2.24. The summed E-state index contributed by atoms with van der Waals surface area (Å²) in [5, 5.41) is 8.90. The van der Waals surface area contributed by atoms with Crippen LogP contribution in [0.15, 0.2) is 18.2 Å². The van der Waals surface area contributed by atoms with Crippen LogP contribution < -0.4 is 9.44 Å². The second kappa shape index (κ2) is 5.35. The summed E-state index contributed by atoms with van der Waals surface area (Å²) in [6, 6.07) is 4.15. The molecular formula is C9H11ClN2O4S. The Morgan fingerprint density at radius 2 is 2.12 bits per heavy atom. The third-order valence-corrected chi connectivity index (χ3v) is 3.28. The molecular weight excluding hydrogens is 268 g/mol. The van der Waals surface area contributed by atoms with Gasteiger partial charge in [-0.25, -0.2) is 4.79 Å². The second-order valence-corrected chi connectivity index (χ2v) is 4.98. The average molecular weight is 279 g/mol. The maximum atomic E-state index is 11.4. The van der Waals surface area contributed by atoms with Crippen molar-refractivity contribution in [3.05, 3.63) is 28.8 Å². The Balaban J connectivity index is 3.16. The Bertz CT molecular complexity index is 530. The van der Waals surface area contributed by atoms with Gasteiger partial charge in [0.1, 0.15) is 5.56 Å². The number of anilines is 1. The molecule has 1 aromatic rings. The summed E-state index contributed by atoms with van der Waals surface area (Å²) in [5.41, 5.74) is -0.360. The molecule has 6 nitrogen and oxygen atoms in total. The Morgan fingerprint density at radius 3 is 2.65 bits per heavy atom. The number of carboxylic acid groups (broad SMARTS) is 1. The van der Waals surface area contributed by atoms with Gasteiger partial charge in [0.15, 0.2) is 0 Å². The Labute approximate surface area is 104 Å².